The summed E-state index contributed by atoms with van der Waals surface area (Å²) in [6.45, 7) is 2.33. The van der Waals surface area contributed by atoms with E-state index in [1.54, 1.807) is 0 Å². The van der Waals surface area contributed by atoms with Crippen molar-refractivity contribution in [3.05, 3.63) is 15.6 Å². The van der Waals surface area contributed by atoms with Gasteiger partial charge in [0.1, 0.15) is 11.6 Å². The van der Waals surface area contributed by atoms with Gasteiger partial charge in [-0.15, -0.1) is 0 Å². The van der Waals surface area contributed by atoms with E-state index in [2.05, 4.69) is 44.8 Å². The van der Waals surface area contributed by atoms with Crippen molar-refractivity contribution in [3.63, 3.8) is 0 Å². The van der Waals surface area contributed by atoms with Gasteiger partial charge in [0.25, 0.3) is 0 Å². The van der Waals surface area contributed by atoms with Crippen LogP contribution in [0.5, 0.6) is 0 Å². The summed E-state index contributed by atoms with van der Waals surface area (Å²) in [6, 6.07) is 0. The number of hydrogen-bond acceptors (Lipinski definition) is 3. The Bertz CT molecular complexity index is 367. The molecular weight excluding hydrogens is 313 g/mol. The number of nitrogens with one attached hydrogen (secondary N) is 1. The molecule has 0 spiro atoms. The van der Waals surface area contributed by atoms with Gasteiger partial charge in [-0.1, -0.05) is 19.8 Å². The summed E-state index contributed by atoms with van der Waals surface area (Å²) in [5.41, 5.74) is 0. The molecule has 2 rings (SSSR count). The number of hydrogen-bond donors (Lipinski definition) is 1. The molecule has 4 heteroatoms. The average molecular weight is 331 g/mol. The monoisotopic (exact) mass is 331 g/mol. The SMILES string of the molecule is CNc1nc(C2CCCC(C)C2)ncc1I. The minimum Gasteiger partial charge on any atom is -0.372 e. The quantitative estimate of drug-likeness (QED) is 0.844. The molecular formula is C12H18IN3. The minimum absolute atomic E-state index is 0.563. The molecule has 1 aromatic rings. The molecule has 88 valence electrons. The van der Waals surface area contributed by atoms with E-state index in [0.717, 1.165) is 21.1 Å². The molecule has 16 heavy (non-hydrogen) atoms. The van der Waals surface area contributed by atoms with Gasteiger partial charge in [0.05, 0.1) is 3.57 Å². The zero-order valence-corrected chi connectivity index (χ0v) is 12.0. The lowest BCUT2D eigenvalue weighted by molar-refractivity contribution is 0.335. The Morgan fingerprint density at radius 3 is 2.94 bits per heavy atom. The maximum Gasteiger partial charge on any atom is 0.142 e. The first-order valence-corrected chi connectivity index (χ1v) is 6.98. The predicted octanol–water partition coefficient (Wildman–Crippen LogP) is 3.42. The summed E-state index contributed by atoms with van der Waals surface area (Å²) in [7, 11) is 1.91. The van der Waals surface area contributed by atoms with E-state index in [-0.39, 0.29) is 0 Å². The molecule has 0 aromatic carbocycles. The lowest BCUT2D eigenvalue weighted by Crippen LogP contribution is -2.15. The minimum atomic E-state index is 0.563. The van der Waals surface area contributed by atoms with Crippen molar-refractivity contribution in [1.82, 2.24) is 9.97 Å². The van der Waals surface area contributed by atoms with Crippen LogP contribution in [-0.4, -0.2) is 17.0 Å². The molecule has 0 aliphatic heterocycles. The van der Waals surface area contributed by atoms with Crippen LogP contribution in [0.3, 0.4) is 0 Å². The number of halogens is 1. The molecule has 1 aliphatic rings. The first kappa shape index (κ1) is 12.1. The van der Waals surface area contributed by atoms with E-state index in [4.69, 9.17) is 0 Å². The largest absolute Gasteiger partial charge is 0.372 e. The highest BCUT2D eigenvalue weighted by atomic mass is 127. The lowest BCUT2D eigenvalue weighted by Gasteiger charge is -2.25. The third kappa shape index (κ3) is 2.64. The molecule has 2 atom stereocenters. The van der Waals surface area contributed by atoms with Crippen molar-refractivity contribution >= 4 is 28.4 Å². The van der Waals surface area contributed by atoms with Gasteiger partial charge in [-0.2, -0.15) is 0 Å². The highest BCUT2D eigenvalue weighted by molar-refractivity contribution is 14.1. The van der Waals surface area contributed by atoms with E-state index >= 15 is 0 Å². The normalized spacial score (nSPS) is 25.4. The second kappa shape index (κ2) is 5.29. The van der Waals surface area contributed by atoms with Gasteiger partial charge in [-0.05, 0) is 41.4 Å². The number of anilines is 1. The summed E-state index contributed by atoms with van der Waals surface area (Å²) in [5, 5.41) is 3.13. The van der Waals surface area contributed by atoms with Crippen molar-refractivity contribution in [1.29, 1.82) is 0 Å². The van der Waals surface area contributed by atoms with Crippen LogP contribution < -0.4 is 5.32 Å². The van der Waals surface area contributed by atoms with Gasteiger partial charge in [0, 0.05) is 19.2 Å². The Balaban J connectivity index is 2.19. The van der Waals surface area contributed by atoms with Gasteiger partial charge < -0.3 is 5.32 Å². The highest BCUT2D eigenvalue weighted by Crippen LogP contribution is 2.34. The van der Waals surface area contributed by atoms with Crippen molar-refractivity contribution in [2.24, 2.45) is 5.92 Å². The zero-order chi connectivity index (χ0) is 11.5. The van der Waals surface area contributed by atoms with E-state index in [9.17, 15) is 0 Å². The standard InChI is InChI=1S/C12H18IN3/c1-8-4-3-5-9(6-8)11-15-7-10(13)12(14-2)16-11/h7-9H,3-6H2,1-2H3,(H,14,15,16). The molecule has 0 radical (unpaired) electrons. The molecule has 1 aliphatic carbocycles. The molecule has 1 heterocycles. The van der Waals surface area contributed by atoms with Gasteiger partial charge in [-0.25, -0.2) is 9.97 Å². The van der Waals surface area contributed by atoms with Crippen molar-refractivity contribution in [3.8, 4) is 0 Å². The maximum absolute atomic E-state index is 4.62. The molecule has 0 amide bonds. The summed E-state index contributed by atoms with van der Waals surface area (Å²) >= 11 is 2.26. The topological polar surface area (TPSA) is 37.8 Å². The van der Waals surface area contributed by atoms with Crippen LogP contribution in [0.25, 0.3) is 0 Å². The summed E-state index contributed by atoms with van der Waals surface area (Å²) in [4.78, 5) is 9.11. The molecule has 1 fully saturated rings. The van der Waals surface area contributed by atoms with Gasteiger partial charge in [0.15, 0.2) is 0 Å². The van der Waals surface area contributed by atoms with Gasteiger partial charge in [-0.3, -0.25) is 0 Å². The average Bonchev–Trinajstić information content (AvgIpc) is 2.29. The number of rotatable bonds is 2. The second-order valence-corrected chi connectivity index (χ2v) is 5.81. The van der Waals surface area contributed by atoms with Crippen LogP contribution in [0, 0.1) is 9.49 Å². The highest BCUT2D eigenvalue weighted by Gasteiger charge is 2.23. The molecule has 2 unspecified atom stereocenters. The Hall–Kier alpha value is -0.390. The lowest BCUT2D eigenvalue weighted by atomic mass is 9.82. The fraction of sp³-hybridized carbons (Fsp3) is 0.667. The third-order valence-corrected chi connectivity index (χ3v) is 4.09. The zero-order valence-electron chi connectivity index (χ0n) is 9.83. The van der Waals surface area contributed by atoms with Crippen LogP contribution in [0.15, 0.2) is 6.20 Å². The molecule has 0 bridgehead atoms. The van der Waals surface area contributed by atoms with E-state index < -0.39 is 0 Å². The summed E-state index contributed by atoms with van der Waals surface area (Å²) < 4.78 is 1.09. The maximum atomic E-state index is 4.62. The first-order valence-electron chi connectivity index (χ1n) is 5.91. The van der Waals surface area contributed by atoms with Crippen LogP contribution >= 0.6 is 22.6 Å². The van der Waals surface area contributed by atoms with E-state index in [0.29, 0.717) is 5.92 Å². The van der Waals surface area contributed by atoms with Gasteiger partial charge in [0.2, 0.25) is 0 Å². The third-order valence-electron chi connectivity index (χ3n) is 3.30. The van der Waals surface area contributed by atoms with Crippen LogP contribution in [0.4, 0.5) is 5.82 Å². The Kier molecular flexibility index (Phi) is 4.00. The van der Waals surface area contributed by atoms with Crippen molar-refractivity contribution in [2.45, 2.75) is 38.5 Å². The Morgan fingerprint density at radius 2 is 2.25 bits per heavy atom. The summed E-state index contributed by atoms with van der Waals surface area (Å²) in [6.07, 6.45) is 7.08. The molecule has 1 aromatic heterocycles. The molecule has 1 saturated carbocycles. The first-order chi connectivity index (χ1) is 7.70. The van der Waals surface area contributed by atoms with Crippen LogP contribution in [0.2, 0.25) is 0 Å². The second-order valence-electron chi connectivity index (χ2n) is 4.64. The fourth-order valence-corrected chi connectivity index (χ4v) is 2.95. The van der Waals surface area contributed by atoms with Crippen LogP contribution in [0.1, 0.15) is 44.3 Å². The smallest absolute Gasteiger partial charge is 0.142 e. The van der Waals surface area contributed by atoms with E-state index in [1.807, 2.05) is 13.2 Å². The molecule has 0 saturated heterocycles. The molecule has 1 N–H and O–H groups in total. The fourth-order valence-electron chi connectivity index (χ4n) is 2.42. The summed E-state index contributed by atoms with van der Waals surface area (Å²) in [5.74, 6) is 3.37. The van der Waals surface area contributed by atoms with E-state index in [1.165, 1.54) is 25.7 Å². The Morgan fingerprint density at radius 1 is 1.44 bits per heavy atom. The number of nitrogens with zero attached hydrogens (tertiary/aromatic N) is 2. The van der Waals surface area contributed by atoms with Crippen molar-refractivity contribution < 1.29 is 0 Å². The number of aromatic nitrogens is 2. The van der Waals surface area contributed by atoms with Crippen LogP contribution in [-0.2, 0) is 0 Å². The molecule has 3 nitrogen and oxygen atoms in total. The predicted molar refractivity (Wildman–Crippen MR) is 74.7 cm³/mol. The van der Waals surface area contributed by atoms with Crippen molar-refractivity contribution in [2.75, 3.05) is 12.4 Å². The van der Waals surface area contributed by atoms with Gasteiger partial charge >= 0.3 is 0 Å². The Labute approximate surface area is 111 Å².